The van der Waals surface area contributed by atoms with Crippen molar-refractivity contribution in [1.29, 1.82) is 0 Å². The minimum absolute atomic E-state index is 0.0257. The van der Waals surface area contributed by atoms with Gasteiger partial charge in [-0.2, -0.15) is 0 Å². The van der Waals surface area contributed by atoms with E-state index in [2.05, 4.69) is 10.6 Å². The van der Waals surface area contributed by atoms with Crippen molar-refractivity contribution in [2.45, 2.75) is 49.2 Å². The summed E-state index contributed by atoms with van der Waals surface area (Å²) in [5.41, 5.74) is 10.3. The van der Waals surface area contributed by atoms with E-state index in [4.69, 9.17) is 5.73 Å². The molecule has 0 heterocycles. The standard InChI is InChI=1S/C30H31N3O4/c31-24(15-18-9-3-1-4-10-18)28(34)33-27-23-17-22(20-13-7-8-14-21(20)23)26(27)29(35)32-25(30(36)37)16-19-11-5-2-6-12-19/h1-14,22-27H,15-17,31H2,(H,32,35)(H,33,34)(H,36,37)/t22-,23+,24+,25-,26+,27-/m0/s1. The van der Waals surface area contributed by atoms with Gasteiger partial charge in [0.15, 0.2) is 0 Å². The quantitative estimate of drug-likeness (QED) is 0.362. The number of benzene rings is 3. The van der Waals surface area contributed by atoms with E-state index < -0.39 is 30.0 Å². The van der Waals surface area contributed by atoms with Crippen LogP contribution in [0.15, 0.2) is 84.9 Å². The molecule has 7 heteroatoms. The number of hydrogen-bond acceptors (Lipinski definition) is 4. The zero-order chi connectivity index (χ0) is 25.9. The van der Waals surface area contributed by atoms with Gasteiger partial charge in [-0.15, -0.1) is 0 Å². The smallest absolute Gasteiger partial charge is 0.326 e. The van der Waals surface area contributed by atoms with Crippen LogP contribution in [0, 0.1) is 5.92 Å². The van der Waals surface area contributed by atoms with Crippen LogP contribution in [0.25, 0.3) is 0 Å². The van der Waals surface area contributed by atoms with E-state index in [1.54, 1.807) is 0 Å². The predicted molar refractivity (Wildman–Crippen MR) is 140 cm³/mol. The number of carboxylic acids is 1. The van der Waals surface area contributed by atoms with E-state index in [0.717, 1.165) is 28.7 Å². The van der Waals surface area contributed by atoms with Crippen LogP contribution in [0.5, 0.6) is 0 Å². The van der Waals surface area contributed by atoms with Crippen LogP contribution >= 0.6 is 0 Å². The molecule has 0 aromatic heterocycles. The fourth-order valence-electron chi connectivity index (χ4n) is 5.98. The summed E-state index contributed by atoms with van der Waals surface area (Å²) >= 11 is 0. The van der Waals surface area contributed by atoms with Crippen molar-refractivity contribution in [2.75, 3.05) is 0 Å². The molecule has 1 saturated carbocycles. The van der Waals surface area contributed by atoms with Gasteiger partial charge in [-0.25, -0.2) is 4.79 Å². The first-order chi connectivity index (χ1) is 17.9. The largest absolute Gasteiger partial charge is 0.480 e. The van der Waals surface area contributed by atoms with Crippen molar-refractivity contribution in [2.24, 2.45) is 11.7 Å². The molecule has 3 aromatic carbocycles. The third kappa shape index (κ3) is 5.13. The fraction of sp³-hybridized carbons (Fsp3) is 0.300. The van der Waals surface area contributed by atoms with Gasteiger partial charge in [0.2, 0.25) is 11.8 Å². The lowest BCUT2D eigenvalue weighted by atomic mass is 9.79. The van der Waals surface area contributed by atoms with Crippen molar-refractivity contribution in [1.82, 2.24) is 10.6 Å². The van der Waals surface area contributed by atoms with Crippen molar-refractivity contribution in [3.63, 3.8) is 0 Å². The normalized spacial score (nSPS) is 23.1. The number of fused-ring (bicyclic) bond motifs is 5. The van der Waals surface area contributed by atoms with Crippen LogP contribution in [-0.2, 0) is 27.2 Å². The van der Waals surface area contributed by atoms with Crippen molar-refractivity contribution in [3.8, 4) is 0 Å². The van der Waals surface area contributed by atoms with Crippen LogP contribution < -0.4 is 16.4 Å². The third-order valence-corrected chi connectivity index (χ3v) is 7.70. The molecule has 2 amide bonds. The molecule has 2 aliphatic rings. The van der Waals surface area contributed by atoms with Gasteiger partial charge in [-0.3, -0.25) is 9.59 Å². The zero-order valence-corrected chi connectivity index (χ0v) is 20.4. The maximum Gasteiger partial charge on any atom is 0.326 e. The molecule has 0 aliphatic heterocycles. The number of carbonyl (C=O) groups is 3. The van der Waals surface area contributed by atoms with E-state index in [9.17, 15) is 19.5 Å². The first-order valence-corrected chi connectivity index (χ1v) is 12.7. The molecule has 0 unspecified atom stereocenters. The van der Waals surface area contributed by atoms with Gasteiger partial charge in [0.25, 0.3) is 0 Å². The molecule has 7 nitrogen and oxygen atoms in total. The summed E-state index contributed by atoms with van der Waals surface area (Å²) in [6.07, 6.45) is 1.30. The molecule has 0 spiro atoms. The second-order valence-corrected chi connectivity index (χ2v) is 10.0. The third-order valence-electron chi connectivity index (χ3n) is 7.70. The van der Waals surface area contributed by atoms with Gasteiger partial charge in [0, 0.05) is 18.4 Å². The fourth-order valence-corrected chi connectivity index (χ4v) is 5.98. The summed E-state index contributed by atoms with van der Waals surface area (Å²) in [4.78, 5) is 38.8. The van der Waals surface area contributed by atoms with Crippen LogP contribution in [-0.4, -0.2) is 41.0 Å². The number of amides is 2. The van der Waals surface area contributed by atoms with Gasteiger partial charge in [-0.1, -0.05) is 84.9 Å². The van der Waals surface area contributed by atoms with E-state index >= 15 is 0 Å². The monoisotopic (exact) mass is 497 g/mol. The highest BCUT2D eigenvalue weighted by Gasteiger charge is 2.54. The van der Waals surface area contributed by atoms with Crippen molar-refractivity contribution < 1.29 is 19.5 Å². The maximum atomic E-state index is 13.6. The number of aliphatic carboxylic acids is 1. The first-order valence-electron chi connectivity index (χ1n) is 12.7. The molecular formula is C30H31N3O4. The summed E-state index contributed by atoms with van der Waals surface area (Å²) in [6, 6.07) is 24.5. The lowest BCUT2D eigenvalue weighted by Gasteiger charge is -2.33. The molecule has 5 rings (SSSR count). The lowest BCUT2D eigenvalue weighted by Crippen LogP contribution is -2.55. The summed E-state index contributed by atoms with van der Waals surface area (Å²) in [5.74, 6) is -2.45. The summed E-state index contributed by atoms with van der Waals surface area (Å²) in [6.45, 7) is 0. The van der Waals surface area contributed by atoms with Crippen LogP contribution in [0.1, 0.15) is 40.5 Å². The second kappa shape index (κ2) is 10.6. The highest BCUT2D eigenvalue weighted by Crippen LogP contribution is 2.56. The zero-order valence-electron chi connectivity index (χ0n) is 20.4. The highest BCUT2D eigenvalue weighted by atomic mass is 16.4. The van der Waals surface area contributed by atoms with Gasteiger partial charge < -0.3 is 21.5 Å². The highest BCUT2D eigenvalue weighted by molar-refractivity contribution is 5.89. The van der Waals surface area contributed by atoms with Gasteiger partial charge >= 0.3 is 5.97 Å². The van der Waals surface area contributed by atoms with Gasteiger partial charge in [0.05, 0.1) is 12.0 Å². The Morgan fingerprint density at radius 2 is 1.35 bits per heavy atom. The van der Waals surface area contributed by atoms with Crippen molar-refractivity contribution >= 4 is 17.8 Å². The Kier molecular flexibility index (Phi) is 7.06. The molecule has 0 saturated heterocycles. The second-order valence-electron chi connectivity index (χ2n) is 10.0. The van der Waals surface area contributed by atoms with E-state index in [1.165, 1.54) is 0 Å². The molecule has 2 aliphatic carbocycles. The average Bonchev–Trinajstić information content (AvgIpc) is 3.46. The Morgan fingerprint density at radius 1 is 0.811 bits per heavy atom. The maximum absolute atomic E-state index is 13.6. The van der Waals surface area contributed by atoms with E-state index in [0.29, 0.717) is 6.42 Å². The van der Waals surface area contributed by atoms with E-state index in [-0.39, 0.29) is 30.1 Å². The molecule has 2 bridgehead atoms. The average molecular weight is 498 g/mol. The Hall–Kier alpha value is -3.97. The topological polar surface area (TPSA) is 122 Å². The molecule has 6 atom stereocenters. The summed E-state index contributed by atoms with van der Waals surface area (Å²) in [7, 11) is 0. The minimum Gasteiger partial charge on any atom is -0.480 e. The molecule has 5 N–H and O–H groups in total. The molecular weight excluding hydrogens is 466 g/mol. The summed E-state index contributed by atoms with van der Waals surface area (Å²) < 4.78 is 0. The van der Waals surface area contributed by atoms with Crippen LogP contribution in [0.2, 0.25) is 0 Å². The lowest BCUT2D eigenvalue weighted by molar-refractivity contribution is -0.142. The van der Waals surface area contributed by atoms with Gasteiger partial charge in [-0.05, 0) is 41.0 Å². The molecule has 1 fully saturated rings. The molecule has 3 aromatic rings. The molecule has 0 radical (unpaired) electrons. The number of nitrogens with one attached hydrogen (secondary N) is 2. The van der Waals surface area contributed by atoms with Crippen LogP contribution in [0.3, 0.4) is 0 Å². The van der Waals surface area contributed by atoms with Crippen LogP contribution in [0.4, 0.5) is 0 Å². The minimum atomic E-state index is -1.09. The number of hydrogen-bond donors (Lipinski definition) is 4. The molecule has 37 heavy (non-hydrogen) atoms. The molecule has 190 valence electrons. The van der Waals surface area contributed by atoms with Crippen molar-refractivity contribution in [3.05, 3.63) is 107 Å². The number of carbonyl (C=O) groups excluding carboxylic acids is 2. The Morgan fingerprint density at radius 3 is 1.95 bits per heavy atom. The van der Waals surface area contributed by atoms with E-state index in [1.807, 2.05) is 84.9 Å². The number of carboxylic acid groups (broad SMARTS) is 1. The Balaban J connectivity index is 1.36. The van der Waals surface area contributed by atoms with Gasteiger partial charge in [0.1, 0.15) is 6.04 Å². The Labute approximate surface area is 216 Å². The number of nitrogens with two attached hydrogens (primary N) is 1. The summed E-state index contributed by atoms with van der Waals surface area (Å²) in [5, 5.41) is 15.7. The predicted octanol–water partition coefficient (Wildman–Crippen LogP) is 2.75. The first kappa shape index (κ1) is 24.7. The number of rotatable bonds is 9. The Bertz CT molecular complexity index is 1280. The SMILES string of the molecule is N[C@H](Cc1ccccc1)C(=O)N[C@@H]1[C@H](C(=O)N[C@@H](Cc2ccccc2)C(=O)O)[C@H]2C[C@@H]1c1ccccc12.